The lowest BCUT2D eigenvalue weighted by atomic mass is 9.41. The average molecular weight is 689 g/mol. The first-order chi connectivity index (χ1) is 23.1. The fourth-order valence-electron chi connectivity index (χ4n) is 13.6. The van der Waals surface area contributed by atoms with Gasteiger partial charge in [-0.05, 0) is 104 Å². The van der Waals surface area contributed by atoms with Crippen molar-refractivity contribution in [2.75, 3.05) is 13.2 Å². The van der Waals surface area contributed by atoms with E-state index in [1.807, 2.05) is 6.92 Å². The zero-order valence-corrected chi connectivity index (χ0v) is 30.8. The van der Waals surface area contributed by atoms with Gasteiger partial charge in [0, 0.05) is 31.9 Å². The molecule has 7 rings (SSSR count). The number of carbonyl (C=O) groups is 2. The second kappa shape index (κ2) is 12.3. The lowest BCUT2D eigenvalue weighted by Gasteiger charge is -2.64. The van der Waals surface area contributed by atoms with Gasteiger partial charge in [-0.15, -0.1) is 0 Å². The Morgan fingerprint density at radius 3 is 2.41 bits per heavy atom. The number of fused-ring (bicyclic) bond motifs is 4. The van der Waals surface area contributed by atoms with Gasteiger partial charge in [-0.1, -0.05) is 40.7 Å². The Morgan fingerprint density at radius 1 is 0.959 bits per heavy atom. The molecular weight excluding hydrogens is 628 g/mol. The normalized spacial score (nSPS) is 52.6. The van der Waals surface area contributed by atoms with E-state index in [9.17, 15) is 19.8 Å². The smallest absolute Gasteiger partial charge is 0.330 e. The van der Waals surface area contributed by atoms with Gasteiger partial charge in [0.2, 0.25) is 0 Å². The van der Waals surface area contributed by atoms with Crippen molar-refractivity contribution in [2.24, 2.45) is 50.7 Å². The summed E-state index contributed by atoms with van der Waals surface area (Å²) >= 11 is 0. The summed E-state index contributed by atoms with van der Waals surface area (Å²) in [6, 6.07) is 0. The first-order valence-corrected chi connectivity index (χ1v) is 19.0. The van der Waals surface area contributed by atoms with Crippen LogP contribution in [0.5, 0.6) is 0 Å². The van der Waals surface area contributed by atoms with Crippen LogP contribution >= 0.6 is 0 Å². The third-order valence-corrected chi connectivity index (χ3v) is 15.5. The zero-order chi connectivity index (χ0) is 35.3. The Balaban J connectivity index is 1.14. The van der Waals surface area contributed by atoms with Crippen molar-refractivity contribution < 1.29 is 48.2 Å². The van der Waals surface area contributed by atoms with Crippen molar-refractivity contribution in [1.82, 2.24) is 0 Å². The van der Waals surface area contributed by atoms with Crippen LogP contribution in [-0.4, -0.2) is 84.6 Å². The summed E-state index contributed by atoms with van der Waals surface area (Å²) in [5.41, 5.74) is -0.0176. The molecule has 10 heteroatoms. The highest BCUT2D eigenvalue weighted by Crippen LogP contribution is 2.89. The number of carbonyl (C=O) groups excluding carboxylic acids is 2. The summed E-state index contributed by atoms with van der Waals surface area (Å²) in [6.07, 6.45) is 5.54. The van der Waals surface area contributed by atoms with Crippen LogP contribution in [-0.2, 0) is 38.0 Å². The molecule has 16 atom stereocenters. The van der Waals surface area contributed by atoms with Gasteiger partial charge in [-0.2, -0.15) is 0 Å². The molecule has 0 aromatic heterocycles. The van der Waals surface area contributed by atoms with Crippen LogP contribution in [0.4, 0.5) is 0 Å². The third-order valence-electron chi connectivity index (χ3n) is 15.5. The zero-order valence-electron chi connectivity index (χ0n) is 30.8. The predicted molar refractivity (Wildman–Crippen MR) is 179 cm³/mol. The summed E-state index contributed by atoms with van der Waals surface area (Å²) in [5, 5.41) is 21.9. The minimum absolute atomic E-state index is 0.0372. The van der Waals surface area contributed by atoms with Gasteiger partial charge in [0.1, 0.15) is 18.3 Å². The molecule has 0 aromatic carbocycles. The lowest BCUT2D eigenvalue weighted by molar-refractivity contribution is -0.307. The topological polar surface area (TPSA) is 130 Å². The molecule has 0 unspecified atom stereocenters. The number of aliphatic hydroxyl groups is 2. The molecule has 5 saturated carbocycles. The van der Waals surface area contributed by atoms with Crippen LogP contribution in [0.15, 0.2) is 12.2 Å². The Labute approximate surface area is 291 Å². The quantitative estimate of drug-likeness (QED) is 0.206. The summed E-state index contributed by atoms with van der Waals surface area (Å²) < 4.78 is 36.9. The standard InChI is InChI=1S/C39H60O10/c1-9-11-28(41)47-25-19-45-34(32(43)31(25)42)49-27-12-13-39-20-38(39)15-14-36(7)30-21(3)16-29(44-10-2)48-24(30)18-37(36,8)26(38)17-23(46-22(4)40)33(39)35(27,5)6/h9,11,21,23-27,29-34,42-43H,10,12-20H2,1-8H3/b11-9+/t21-,23+,24+,25-,26+,27+,29-,30+,31+,32-,33-,34+,36-,37+,38+,39-/m1/s1. The molecule has 2 heterocycles. The van der Waals surface area contributed by atoms with Gasteiger partial charge < -0.3 is 38.6 Å². The third kappa shape index (κ3) is 5.15. The predicted octanol–water partition coefficient (Wildman–Crippen LogP) is 5.32. The summed E-state index contributed by atoms with van der Waals surface area (Å²) in [6.45, 7) is 17.8. The van der Waals surface area contributed by atoms with E-state index in [1.165, 1.54) is 25.8 Å². The Bertz CT molecular complexity index is 1330. The molecule has 49 heavy (non-hydrogen) atoms. The number of allylic oxidation sites excluding steroid dienone is 1. The second-order valence-electron chi connectivity index (χ2n) is 17.9. The molecule has 2 aliphatic heterocycles. The number of esters is 2. The molecule has 2 saturated heterocycles. The molecule has 276 valence electrons. The Kier molecular flexibility index (Phi) is 8.96. The van der Waals surface area contributed by atoms with Gasteiger partial charge in [-0.3, -0.25) is 4.79 Å². The largest absolute Gasteiger partial charge is 0.462 e. The number of rotatable bonds is 7. The van der Waals surface area contributed by atoms with E-state index in [-0.39, 0.29) is 64.8 Å². The van der Waals surface area contributed by atoms with E-state index >= 15 is 0 Å². The van der Waals surface area contributed by atoms with Gasteiger partial charge in [0.15, 0.2) is 18.7 Å². The summed E-state index contributed by atoms with van der Waals surface area (Å²) in [7, 11) is 0. The van der Waals surface area contributed by atoms with Crippen molar-refractivity contribution in [1.29, 1.82) is 0 Å². The molecule has 7 fully saturated rings. The van der Waals surface area contributed by atoms with Crippen molar-refractivity contribution in [3.05, 3.63) is 12.2 Å². The maximum Gasteiger partial charge on any atom is 0.330 e. The minimum atomic E-state index is -1.38. The number of aliphatic hydroxyl groups excluding tert-OH is 2. The van der Waals surface area contributed by atoms with E-state index < -0.39 is 36.0 Å². The van der Waals surface area contributed by atoms with E-state index in [0.29, 0.717) is 24.4 Å². The van der Waals surface area contributed by atoms with Crippen molar-refractivity contribution in [3.8, 4) is 0 Å². The van der Waals surface area contributed by atoms with Gasteiger partial charge in [0.05, 0.1) is 18.8 Å². The molecule has 0 amide bonds. The van der Waals surface area contributed by atoms with Crippen molar-refractivity contribution in [3.63, 3.8) is 0 Å². The second-order valence-corrected chi connectivity index (χ2v) is 17.9. The van der Waals surface area contributed by atoms with Crippen LogP contribution in [0.25, 0.3) is 0 Å². The molecule has 10 nitrogen and oxygen atoms in total. The monoisotopic (exact) mass is 688 g/mol. The van der Waals surface area contributed by atoms with Crippen molar-refractivity contribution >= 4 is 11.9 Å². The molecule has 2 spiro atoms. The van der Waals surface area contributed by atoms with Crippen LogP contribution in [0.1, 0.15) is 107 Å². The highest BCUT2D eigenvalue weighted by Gasteiger charge is 2.85. The van der Waals surface area contributed by atoms with Gasteiger partial charge >= 0.3 is 11.9 Å². The highest BCUT2D eigenvalue weighted by molar-refractivity contribution is 5.82. The SMILES string of the molecule is C/C=C/C(=O)O[C@@H]1CO[C@@H](O[C@H]2CC[C@]34C[C@]35CC[C@]3(C)[C@H]6[C@H](C)C[C@H](OCC)O[C@H]6C[C@@]3(C)[C@@H]5C[C@H](OC(C)=O)[C@@H]4C2(C)C)[C@H](O)[C@H]1O. The van der Waals surface area contributed by atoms with Gasteiger partial charge in [-0.25, -0.2) is 4.79 Å². The molecular formula is C39H60O10. The first kappa shape index (κ1) is 35.8. The van der Waals surface area contributed by atoms with E-state index in [0.717, 1.165) is 38.5 Å². The van der Waals surface area contributed by atoms with Crippen LogP contribution in [0.3, 0.4) is 0 Å². The maximum absolute atomic E-state index is 12.8. The fourth-order valence-corrected chi connectivity index (χ4v) is 13.6. The highest BCUT2D eigenvalue weighted by atomic mass is 16.7. The van der Waals surface area contributed by atoms with Crippen LogP contribution < -0.4 is 0 Å². The first-order valence-electron chi connectivity index (χ1n) is 19.0. The summed E-state index contributed by atoms with van der Waals surface area (Å²) in [5.74, 6) is 0.641. The number of hydrogen-bond acceptors (Lipinski definition) is 10. The van der Waals surface area contributed by atoms with E-state index in [1.54, 1.807) is 13.0 Å². The maximum atomic E-state index is 12.8. The molecule has 0 radical (unpaired) electrons. The number of ether oxygens (including phenoxy) is 6. The fraction of sp³-hybridized carbons (Fsp3) is 0.897. The lowest BCUT2D eigenvalue weighted by Crippen LogP contribution is -2.63. The van der Waals surface area contributed by atoms with Crippen molar-refractivity contribution in [2.45, 2.75) is 156 Å². The summed E-state index contributed by atoms with van der Waals surface area (Å²) in [4.78, 5) is 24.8. The van der Waals surface area contributed by atoms with E-state index in [2.05, 4.69) is 34.6 Å². The van der Waals surface area contributed by atoms with Gasteiger partial charge in [0.25, 0.3) is 0 Å². The van der Waals surface area contributed by atoms with Crippen LogP contribution in [0, 0.1) is 50.7 Å². The molecule has 0 aromatic rings. The molecule has 2 N–H and O–H groups in total. The Morgan fingerprint density at radius 2 is 1.71 bits per heavy atom. The average Bonchev–Trinajstić information content (AvgIpc) is 3.60. The molecule has 7 aliphatic rings. The molecule has 0 bridgehead atoms. The van der Waals surface area contributed by atoms with E-state index in [4.69, 9.17) is 28.4 Å². The Hall–Kier alpha value is -1.56. The number of hydrogen-bond donors (Lipinski definition) is 2. The minimum Gasteiger partial charge on any atom is -0.462 e. The van der Waals surface area contributed by atoms with Crippen LogP contribution in [0.2, 0.25) is 0 Å². The molecule has 5 aliphatic carbocycles.